The van der Waals surface area contributed by atoms with Crippen LogP contribution >= 0.6 is 34.8 Å². The van der Waals surface area contributed by atoms with E-state index in [1.54, 1.807) is 12.1 Å². The van der Waals surface area contributed by atoms with Crippen molar-refractivity contribution in [2.75, 3.05) is 25.1 Å². The summed E-state index contributed by atoms with van der Waals surface area (Å²) in [6.07, 6.45) is 0.516. The van der Waals surface area contributed by atoms with Gasteiger partial charge in [0.25, 0.3) is 0 Å². The van der Waals surface area contributed by atoms with Gasteiger partial charge in [-0.2, -0.15) is 0 Å². The molecule has 19 heavy (non-hydrogen) atoms. The van der Waals surface area contributed by atoms with Crippen LogP contribution in [0.2, 0.25) is 15.1 Å². The first-order valence-electron chi connectivity index (χ1n) is 6.20. The van der Waals surface area contributed by atoms with E-state index in [0.717, 1.165) is 12.1 Å². The van der Waals surface area contributed by atoms with Gasteiger partial charge in [-0.3, -0.25) is 0 Å². The lowest BCUT2D eigenvalue weighted by molar-refractivity contribution is -0.137. The number of ether oxygens (including phenoxy) is 2. The molecule has 0 saturated heterocycles. The third kappa shape index (κ3) is 5.76. The van der Waals surface area contributed by atoms with Crippen LogP contribution in [-0.2, 0) is 9.47 Å². The number of benzene rings is 1. The molecule has 0 spiro atoms. The van der Waals surface area contributed by atoms with Crippen LogP contribution in [0.15, 0.2) is 12.1 Å². The van der Waals surface area contributed by atoms with Crippen molar-refractivity contribution in [3.63, 3.8) is 0 Å². The summed E-state index contributed by atoms with van der Waals surface area (Å²) in [4.78, 5) is 0. The summed E-state index contributed by atoms with van der Waals surface area (Å²) in [5.41, 5.74) is 0.753. The third-order valence-electron chi connectivity index (χ3n) is 2.41. The number of hydrogen-bond donors (Lipinski definition) is 1. The highest BCUT2D eigenvalue weighted by atomic mass is 35.5. The molecule has 0 heterocycles. The highest BCUT2D eigenvalue weighted by molar-refractivity contribution is 6.44. The van der Waals surface area contributed by atoms with Gasteiger partial charge < -0.3 is 14.8 Å². The minimum Gasteiger partial charge on any atom is -0.384 e. The average Bonchev–Trinajstić information content (AvgIpc) is 2.36. The van der Waals surface area contributed by atoms with Crippen LogP contribution in [0.4, 0.5) is 5.69 Å². The van der Waals surface area contributed by atoms with Gasteiger partial charge in [0.2, 0.25) is 0 Å². The van der Waals surface area contributed by atoms with Crippen molar-refractivity contribution in [3.05, 3.63) is 27.2 Å². The molecule has 0 aliphatic carbocycles. The van der Waals surface area contributed by atoms with Gasteiger partial charge >= 0.3 is 0 Å². The molecule has 0 bridgehead atoms. The largest absolute Gasteiger partial charge is 0.384 e. The summed E-state index contributed by atoms with van der Waals surface area (Å²) in [5.74, 6) is 0. The lowest BCUT2D eigenvalue weighted by Gasteiger charge is -2.17. The van der Waals surface area contributed by atoms with Gasteiger partial charge in [0.05, 0.1) is 20.8 Å². The monoisotopic (exact) mass is 325 g/mol. The molecule has 108 valence electrons. The fourth-order valence-electron chi connectivity index (χ4n) is 1.57. The van der Waals surface area contributed by atoms with E-state index in [1.807, 2.05) is 13.8 Å². The predicted molar refractivity (Wildman–Crippen MR) is 81.6 cm³/mol. The second kappa shape index (κ2) is 8.88. The molecule has 0 fully saturated rings. The van der Waals surface area contributed by atoms with E-state index < -0.39 is 0 Å². The van der Waals surface area contributed by atoms with Crippen LogP contribution in [0, 0.1) is 0 Å². The van der Waals surface area contributed by atoms with Crippen molar-refractivity contribution in [2.45, 2.75) is 26.6 Å². The number of halogens is 3. The molecule has 3 nitrogen and oxygen atoms in total. The topological polar surface area (TPSA) is 30.5 Å². The van der Waals surface area contributed by atoms with Gasteiger partial charge in [0.15, 0.2) is 6.29 Å². The Morgan fingerprint density at radius 1 is 1.00 bits per heavy atom. The minimum atomic E-state index is -0.205. The quantitative estimate of drug-likeness (QED) is 0.547. The molecule has 0 atom stereocenters. The Kier molecular flexibility index (Phi) is 7.88. The van der Waals surface area contributed by atoms with Crippen molar-refractivity contribution in [3.8, 4) is 0 Å². The van der Waals surface area contributed by atoms with Crippen molar-refractivity contribution in [2.24, 2.45) is 0 Å². The number of rotatable bonds is 8. The first-order valence-corrected chi connectivity index (χ1v) is 7.33. The smallest absolute Gasteiger partial charge is 0.159 e. The molecule has 0 aliphatic rings. The number of anilines is 1. The Morgan fingerprint density at radius 2 is 1.58 bits per heavy atom. The molecule has 1 N–H and O–H groups in total. The first-order chi connectivity index (χ1) is 9.08. The van der Waals surface area contributed by atoms with E-state index >= 15 is 0 Å². The van der Waals surface area contributed by atoms with Crippen LogP contribution < -0.4 is 5.32 Å². The Hall–Kier alpha value is -0.190. The summed E-state index contributed by atoms with van der Waals surface area (Å²) >= 11 is 17.9. The zero-order valence-corrected chi connectivity index (χ0v) is 13.3. The molecule has 0 unspecified atom stereocenters. The van der Waals surface area contributed by atoms with Crippen LogP contribution in [0.5, 0.6) is 0 Å². The zero-order valence-electron chi connectivity index (χ0n) is 11.0. The average molecular weight is 327 g/mol. The molecule has 0 saturated carbocycles. The fourth-order valence-corrected chi connectivity index (χ4v) is 2.18. The summed E-state index contributed by atoms with van der Waals surface area (Å²) in [7, 11) is 0. The molecule has 0 amide bonds. The van der Waals surface area contributed by atoms with Gasteiger partial charge in [0, 0.05) is 26.2 Å². The Morgan fingerprint density at radius 3 is 2.16 bits per heavy atom. The summed E-state index contributed by atoms with van der Waals surface area (Å²) in [6.45, 7) is 5.79. The standard InChI is InChI=1S/C13H18Cl3NO2/c1-3-18-13(19-4-2)5-6-17-12-8-10(15)9(14)7-11(12)16/h7-8,13,17H,3-6H2,1-2H3. The molecular weight excluding hydrogens is 309 g/mol. The Bertz CT molecular complexity index is 396. The molecular formula is C13H18Cl3NO2. The van der Waals surface area contributed by atoms with E-state index in [9.17, 15) is 0 Å². The second-order valence-corrected chi connectivity index (χ2v) is 5.02. The summed E-state index contributed by atoms with van der Waals surface area (Å²) in [6, 6.07) is 3.33. The van der Waals surface area contributed by atoms with E-state index in [0.29, 0.717) is 34.8 Å². The molecule has 1 aromatic carbocycles. The normalized spacial score (nSPS) is 11.1. The van der Waals surface area contributed by atoms with Gasteiger partial charge in [-0.05, 0) is 26.0 Å². The minimum absolute atomic E-state index is 0.205. The van der Waals surface area contributed by atoms with Gasteiger partial charge in [0.1, 0.15) is 0 Å². The van der Waals surface area contributed by atoms with Gasteiger partial charge in [-0.1, -0.05) is 34.8 Å². The highest BCUT2D eigenvalue weighted by Gasteiger charge is 2.09. The summed E-state index contributed by atoms with van der Waals surface area (Å²) < 4.78 is 10.9. The molecule has 0 aromatic heterocycles. The van der Waals surface area contributed by atoms with Gasteiger partial charge in [-0.25, -0.2) is 0 Å². The van der Waals surface area contributed by atoms with E-state index in [2.05, 4.69) is 5.32 Å². The van der Waals surface area contributed by atoms with Crippen molar-refractivity contribution in [1.29, 1.82) is 0 Å². The van der Waals surface area contributed by atoms with Crippen LogP contribution in [0.3, 0.4) is 0 Å². The van der Waals surface area contributed by atoms with Crippen LogP contribution in [0.1, 0.15) is 20.3 Å². The molecule has 0 aliphatic heterocycles. The van der Waals surface area contributed by atoms with E-state index in [-0.39, 0.29) is 6.29 Å². The van der Waals surface area contributed by atoms with E-state index in [1.165, 1.54) is 0 Å². The Labute approximate surface area is 129 Å². The Balaban J connectivity index is 2.50. The maximum atomic E-state index is 6.07. The third-order valence-corrected chi connectivity index (χ3v) is 3.45. The SMILES string of the molecule is CCOC(CCNc1cc(Cl)c(Cl)cc1Cl)OCC. The lowest BCUT2D eigenvalue weighted by Crippen LogP contribution is -2.21. The maximum Gasteiger partial charge on any atom is 0.159 e. The molecule has 1 rings (SSSR count). The lowest BCUT2D eigenvalue weighted by atomic mass is 10.3. The molecule has 6 heteroatoms. The predicted octanol–water partition coefficient (Wildman–Crippen LogP) is 4.85. The van der Waals surface area contributed by atoms with E-state index in [4.69, 9.17) is 44.3 Å². The van der Waals surface area contributed by atoms with Crippen molar-refractivity contribution < 1.29 is 9.47 Å². The van der Waals surface area contributed by atoms with Gasteiger partial charge in [-0.15, -0.1) is 0 Å². The van der Waals surface area contributed by atoms with Crippen molar-refractivity contribution in [1.82, 2.24) is 0 Å². The molecule has 1 aromatic rings. The fraction of sp³-hybridized carbons (Fsp3) is 0.538. The van der Waals surface area contributed by atoms with Crippen molar-refractivity contribution >= 4 is 40.5 Å². The second-order valence-electron chi connectivity index (χ2n) is 3.80. The first kappa shape index (κ1) is 16.9. The molecule has 0 radical (unpaired) electrons. The number of hydrogen-bond acceptors (Lipinski definition) is 3. The zero-order chi connectivity index (χ0) is 14.3. The maximum absolute atomic E-state index is 6.07. The van der Waals surface area contributed by atoms with Crippen LogP contribution in [-0.4, -0.2) is 26.0 Å². The van der Waals surface area contributed by atoms with Crippen LogP contribution in [0.25, 0.3) is 0 Å². The highest BCUT2D eigenvalue weighted by Crippen LogP contribution is 2.32. The number of nitrogens with one attached hydrogen (secondary N) is 1. The summed E-state index contributed by atoms with van der Waals surface area (Å²) in [5, 5.41) is 4.65.